The van der Waals surface area contributed by atoms with E-state index in [0.29, 0.717) is 16.5 Å². The summed E-state index contributed by atoms with van der Waals surface area (Å²) in [5.41, 5.74) is 0.585. The Labute approximate surface area is 82.3 Å². The lowest BCUT2D eigenvalue weighted by Gasteiger charge is -2.09. The van der Waals surface area contributed by atoms with Gasteiger partial charge in [-0.05, 0) is 13.0 Å². The van der Waals surface area contributed by atoms with Crippen LogP contribution >= 0.6 is 24.0 Å². The molecule has 1 N–H and O–H groups in total. The van der Waals surface area contributed by atoms with Gasteiger partial charge in [0, 0.05) is 6.07 Å². The molecule has 3 nitrogen and oxygen atoms in total. The molecule has 0 amide bonds. The highest BCUT2D eigenvalue weighted by atomic mass is 35.5. The van der Waals surface area contributed by atoms with E-state index >= 15 is 0 Å². The summed E-state index contributed by atoms with van der Waals surface area (Å²) in [5, 5.41) is 14.5. The van der Waals surface area contributed by atoms with Crippen molar-refractivity contribution in [3.63, 3.8) is 0 Å². The normalized spacial score (nSPS) is 8.92. The zero-order chi connectivity index (χ0) is 8.43. The molecule has 0 aliphatic heterocycles. The second-order valence-electron chi connectivity index (χ2n) is 2.24. The lowest BCUT2D eigenvalue weighted by molar-refractivity contribution is -0.597. The largest absolute Gasteiger partial charge is 0.710 e. The van der Waals surface area contributed by atoms with Gasteiger partial charge in [0.15, 0.2) is 0 Å². The van der Waals surface area contributed by atoms with Crippen molar-refractivity contribution < 1.29 is 4.73 Å². The first-order valence-electron chi connectivity index (χ1n) is 3.22. The summed E-state index contributed by atoms with van der Waals surface area (Å²) in [5.74, 6) is 0.468. The smallest absolute Gasteiger partial charge is 0.278 e. The minimum atomic E-state index is 0. The van der Waals surface area contributed by atoms with Crippen molar-refractivity contribution in [2.24, 2.45) is 0 Å². The Morgan fingerprint density at radius 3 is 2.58 bits per heavy atom. The zero-order valence-corrected chi connectivity index (χ0v) is 8.37. The molecule has 1 aromatic rings. The van der Waals surface area contributed by atoms with Gasteiger partial charge < -0.3 is 5.21 Å². The van der Waals surface area contributed by atoms with E-state index in [1.54, 1.807) is 26.1 Å². The van der Waals surface area contributed by atoms with Gasteiger partial charge in [0.25, 0.3) is 5.82 Å². The highest BCUT2D eigenvalue weighted by Gasteiger charge is 2.04. The van der Waals surface area contributed by atoms with Crippen LogP contribution in [0.4, 0.5) is 5.82 Å². The standard InChI is InChI=1S/C7H9ClN2O.ClH/c1-5-3-6(8)4-7(9-2)10(5)11;/h3-4,9H,1-2H3;1H. The van der Waals surface area contributed by atoms with Crippen molar-refractivity contribution in [2.75, 3.05) is 12.4 Å². The molecule has 0 saturated heterocycles. The number of aryl methyl sites for hydroxylation is 1. The third-order valence-corrected chi connectivity index (χ3v) is 1.63. The Hall–Kier alpha value is -0.670. The lowest BCUT2D eigenvalue weighted by atomic mass is 10.3. The van der Waals surface area contributed by atoms with Crippen LogP contribution < -0.4 is 10.0 Å². The number of halogens is 2. The molecule has 5 heteroatoms. The molecular formula is C7H10Cl2N2O. The van der Waals surface area contributed by atoms with Crippen LogP contribution in [-0.4, -0.2) is 7.05 Å². The Bertz CT molecular complexity index is 278. The summed E-state index contributed by atoms with van der Waals surface area (Å²) in [6, 6.07) is 3.21. The summed E-state index contributed by atoms with van der Waals surface area (Å²) >= 11 is 5.71. The van der Waals surface area contributed by atoms with Crippen molar-refractivity contribution in [1.82, 2.24) is 0 Å². The first kappa shape index (κ1) is 11.3. The van der Waals surface area contributed by atoms with Crippen molar-refractivity contribution in [2.45, 2.75) is 6.92 Å². The van der Waals surface area contributed by atoms with Gasteiger partial charge in [0.1, 0.15) is 5.69 Å². The first-order valence-corrected chi connectivity index (χ1v) is 3.60. The number of hydrogen-bond donors (Lipinski definition) is 1. The van der Waals surface area contributed by atoms with E-state index in [9.17, 15) is 5.21 Å². The van der Waals surface area contributed by atoms with Crippen LogP contribution in [0.15, 0.2) is 12.1 Å². The van der Waals surface area contributed by atoms with Crippen molar-refractivity contribution >= 4 is 29.8 Å². The summed E-state index contributed by atoms with van der Waals surface area (Å²) in [4.78, 5) is 0. The van der Waals surface area contributed by atoms with Gasteiger partial charge in [-0.3, -0.25) is 5.32 Å². The van der Waals surface area contributed by atoms with Crippen LogP contribution in [0.2, 0.25) is 5.02 Å². The number of rotatable bonds is 1. The van der Waals surface area contributed by atoms with E-state index in [2.05, 4.69) is 5.32 Å². The van der Waals surface area contributed by atoms with Crippen molar-refractivity contribution in [3.8, 4) is 0 Å². The fourth-order valence-corrected chi connectivity index (χ4v) is 1.11. The van der Waals surface area contributed by atoms with Gasteiger partial charge in [-0.25, -0.2) is 4.73 Å². The van der Waals surface area contributed by atoms with Crippen molar-refractivity contribution in [3.05, 3.63) is 28.1 Å². The highest BCUT2D eigenvalue weighted by molar-refractivity contribution is 6.30. The Balaban J connectivity index is 0.00000121. The minimum Gasteiger partial charge on any atom is -0.710 e. The van der Waals surface area contributed by atoms with Crippen LogP contribution in [0.1, 0.15) is 5.69 Å². The van der Waals surface area contributed by atoms with Crippen LogP contribution in [0.5, 0.6) is 0 Å². The van der Waals surface area contributed by atoms with Crippen LogP contribution in [0.3, 0.4) is 0 Å². The number of anilines is 1. The molecule has 0 radical (unpaired) electrons. The van der Waals surface area contributed by atoms with Crippen LogP contribution in [0, 0.1) is 12.1 Å². The maximum atomic E-state index is 11.1. The van der Waals surface area contributed by atoms with E-state index in [1.165, 1.54) is 0 Å². The van der Waals surface area contributed by atoms with Crippen molar-refractivity contribution in [1.29, 1.82) is 0 Å². The van der Waals surface area contributed by atoms with Gasteiger partial charge >= 0.3 is 0 Å². The summed E-state index contributed by atoms with van der Waals surface area (Å²) < 4.78 is 0.797. The average Bonchev–Trinajstić information content (AvgIpc) is 1.96. The molecule has 1 heterocycles. The Morgan fingerprint density at radius 1 is 1.50 bits per heavy atom. The molecule has 68 valence electrons. The molecule has 0 spiro atoms. The van der Waals surface area contributed by atoms with Gasteiger partial charge in [0.2, 0.25) is 0 Å². The first-order chi connectivity index (χ1) is 5.15. The van der Waals surface area contributed by atoms with E-state index in [0.717, 1.165) is 4.73 Å². The van der Waals surface area contributed by atoms with Gasteiger partial charge in [-0.2, -0.15) is 0 Å². The molecule has 0 atom stereocenters. The molecule has 0 bridgehead atoms. The molecule has 0 fully saturated rings. The molecule has 12 heavy (non-hydrogen) atoms. The lowest BCUT2D eigenvalue weighted by Crippen LogP contribution is -2.33. The second-order valence-corrected chi connectivity index (χ2v) is 2.68. The Kier molecular flexibility index (Phi) is 4.13. The fraction of sp³-hybridized carbons (Fsp3) is 0.286. The monoisotopic (exact) mass is 208 g/mol. The molecule has 1 rings (SSSR count). The van der Waals surface area contributed by atoms with Crippen LogP contribution in [0.25, 0.3) is 0 Å². The van der Waals surface area contributed by atoms with Crippen LogP contribution in [-0.2, 0) is 0 Å². The fourth-order valence-electron chi connectivity index (χ4n) is 0.853. The number of hydrogen-bond acceptors (Lipinski definition) is 2. The van der Waals surface area contributed by atoms with E-state index < -0.39 is 0 Å². The maximum Gasteiger partial charge on any atom is 0.278 e. The van der Waals surface area contributed by atoms with E-state index in [4.69, 9.17) is 11.6 Å². The molecule has 0 aromatic carbocycles. The number of nitrogens with one attached hydrogen (secondary N) is 1. The minimum absolute atomic E-state index is 0. The van der Waals surface area contributed by atoms with Gasteiger partial charge in [-0.1, -0.05) is 11.6 Å². The van der Waals surface area contributed by atoms with E-state index in [-0.39, 0.29) is 12.4 Å². The second kappa shape index (κ2) is 4.38. The predicted molar refractivity (Wildman–Crippen MR) is 51.9 cm³/mol. The third-order valence-electron chi connectivity index (χ3n) is 1.42. The quantitative estimate of drug-likeness (QED) is 0.565. The predicted octanol–water partition coefficient (Wildman–Crippen LogP) is 1.75. The van der Waals surface area contributed by atoms with E-state index in [1.807, 2.05) is 0 Å². The van der Waals surface area contributed by atoms with Gasteiger partial charge in [-0.15, -0.1) is 12.4 Å². The molecule has 0 aliphatic rings. The summed E-state index contributed by atoms with van der Waals surface area (Å²) in [6.45, 7) is 1.71. The zero-order valence-electron chi connectivity index (χ0n) is 6.80. The number of nitrogens with zero attached hydrogens (tertiary/aromatic N) is 1. The summed E-state index contributed by atoms with van der Waals surface area (Å²) in [7, 11) is 1.68. The molecule has 0 aliphatic carbocycles. The summed E-state index contributed by atoms with van der Waals surface area (Å²) in [6.07, 6.45) is 0. The number of pyridine rings is 1. The SMILES string of the molecule is CNc1cc(Cl)cc(C)[n+]1[O-].Cl. The molecule has 0 saturated carbocycles. The molecule has 1 aromatic heterocycles. The molecule has 0 unspecified atom stereocenters. The third kappa shape index (κ3) is 2.16. The Morgan fingerprint density at radius 2 is 2.08 bits per heavy atom. The maximum absolute atomic E-state index is 11.1. The average molecular weight is 209 g/mol. The molecular weight excluding hydrogens is 199 g/mol. The number of aromatic nitrogens is 1. The topological polar surface area (TPSA) is 39.0 Å². The highest BCUT2D eigenvalue weighted by Crippen LogP contribution is 2.12. The van der Waals surface area contributed by atoms with Gasteiger partial charge in [0.05, 0.1) is 12.1 Å².